The second kappa shape index (κ2) is 7.36. The molecule has 0 heterocycles. The van der Waals surface area contributed by atoms with Crippen molar-refractivity contribution in [1.82, 2.24) is 5.32 Å². The van der Waals surface area contributed by atoms with Gasteiger partial charge in [0.15, 0.2) is 0 Å². The average molecular weight is 363 g/mol. The number of amides is 2. The van der Waals surface area contributed by atoms with E-state index in [0.717, 1.165) is 36.8 Å². The Morgan fingerprint density at radius 2 is 1.68 bits per heavy atom. The molecule has 0 aliphatic heterocycles. The van der Waals surface area contributed by atoms with Gasteiger partial charge >= 0.3 is 0 Å². The maximum Gasteiger partial charge on any atom is 0.240 e. The Labute approximate surface area is 154 Å². The minimum absolute atomic E-state index is 0.113. The largest absolute Gasteiger partial charge is 0.352 e. The highest BCUT2D eigenvalue weighted by Gasteiger charge is 2.56. The van der Waals surface area contributed by atoms with Gasteiger partial charge in [0.05, 0.1) is 10.7 Å². The van der Waals surface area contributed by atoms with Crippen LogP contribution in [0, 0.1) is 19.3 Å². The average Bonchev–Trinajstić information content (AvgIpc) is 3.36. The molecule has 0 aromatic heterocycles. The van der Waals surface area contributed by atoms with E-state index in [9.17, 15) is 9.59 Å². The van der Waals surface area contributed by atoms with E-state index in [4.69, 9.17) is 11.6 Å². The van der Waals surface area contributed by atoms with Crippen molar-refractivity contribution in [2.24, 2.45) is 5.41 Å². The Morgan fingerprint density at radius 1 is 1.04 bits per heavy atom. The minimum Gasteiger partial charge on any atom is -0.352 e. The molecular formula is C20H27ClN2O2. The molecule has 0 unspecified atom stereocenters. The second-order valence-electron chi connectivity index (χ2n) is 7.64. The summed E-state index contributed by atoms with van der Waals surface area (Å²) < 4.78 is 0. The normalized spacial score (nSPS) is 19.8. The fraction of sp³-hybridized carbons (Fsp3) is 0.600. The zero-order valence-corrected chi connectivity index (χ0v) is 15.8. The monoisotopic (exact) mass is 362 g/mol. The molecule has 4 nitrogen and oxygen atoms in total. The van der Waals surface area contributed by atoms with Crippen LogP contribution in [-0.4, -0.2) is 17.9 Å². The lowest BCUT2D eigenvalue weighted by atomic mass is 10.0. The van der Waals surface area contributed by atoms with Crippen molar-refractivity contribution in [2.75, 3.05) is 5.32 Å². The van der Waals surface area contributed by atoms with Crippen molar-refractivity contribution < 1.29 is 9.59 Å². The summed E-state index contributed by atoms with van der Waals surface area (Å²) >= 11 is 6.29. The van der Waals surface area contributed by atoms with Gasteiger partial charge in [-0.25, -0.2) is 0 Å². The number of benzene rings is 1. The molecule has 3 rings (SSSR count). The summed E-state index contributed by atoms with van der Waals surface area (Å²) in [6.45, 7) is 3.88. The van der Waals surface area contributed by atoms with Crippen LogP contribution in [0.2, 0.25) is 5.02 Å². The highest BCUT2D eigenvalue weighted by molar-refractivity contribution is 6.34. The van der Waals surface area contributed by atoms with Crippen LogP contribution < -0.4 is 10.6 Å². The number of rotatable bonds is 4. The predicted molar refractivity (Wildman–Crippen MR) is 101 cm³/mol. The SMILES string of the molecule is Cc1cc(C)c(NC(=O)C2(C(=O)NC3CCCCCC3)CC2)c(Cl)c1. The van der Waals surface area contributed by atoms with Crippen LogP contribution in [0.3, 0.4) is 0 Å². The van der Waals surface area contributed by atoms with Gasteiger partial charge in [0.25, 0.3) is 0 Å². The van der Waals surface area contributed by atoms with Crippen molar-refractivity contribution in [3.05, 3.63) is 28.3 Å². The lowest BCUT2D eigenvalue weighted by Gasteiger charge is -2.21. The molecule has 0 atom stereocenters. The van der Waals surface area contributed by atoms with E-state index in [1.54, 1.807) is 0 Å². The minimum atomic E-state index is -0.910. The first kappa shape index (κ1) is 18.2. The molecule has 0 bridgehead atoms. The Balaban J connectivity index is 1.68. The number of nitrogens with one attached hydrogen (secondary N) is 2. The van der Waals surface area contributed by atoms with Gasteiger partial charge < -0.3 is 10.6 Å². The Bertz CT molecular complexity index is 651. The summed E-state index contributed by atoms with van der Waals surface area (Å²) in [5.41, 5.74) is 1.67. The standard InChI is InChI=1S/C20H27ClN2O2/c1-13-11-14(2)17(16(21)12-13)23-19(25)20(9-10-20)18(24)22-15-7-5-3-4-6-8-15/h11-12,15H,3-10H2,1-2H3,(H,22,24)(H,23,25). The van der Waals surface area contributed by atoms with Crippen molar-refractivity contribution >= 4 is 29.1 Å². The molecule has 2 saturated carbocycles. The van der Waals surface area contributed by atoms with Gasteiger partial charge in [-0.1, -0.05) is 43.4 Å². The van der Waals surface area contributed by atoms with Crippen LogP contribution in [0.1, 0.15) is 62.5 Å². The molecule has 2 aliphatic rings. The van der Waals surface area contributed by atoms with Gasteiger partial charge in [-0.3, -0.25) is 9.59 Å². The second-order valence-corrected chi connectivity index (χ2v) is 8.04. The first-order valence-electron chi connectivity index (χ1n) is 9.31. The Morgan fingerprint density at radius 3 is 2.24 bits per heavy atom. The third-order valence-electron chi connectivity index (χ3n) is 5.48. The predicted octanol–water partition coefficient (Wildman–Crippen LogP) is 4.51. The fourth-order valence-corrected chi connectivity index (χ4v) is 4.11. The molecule has 0 spiro atoms. The number of aryl methyl sites for hydroxylation is 2. The summed E-state index contributed by atoms with van der Waals surface area (Å²) in [5.74, 6) is -0.342. The van der Waals surface area contributed by atoms with Crippen molar-refractivity contribution in [1.29, 1.82) is 0 Å². The van der Waals surface area contributed by atoms with E-state index < -0.39 is 5.41 Å². The van der Waals surface area contributed by atoms with Crippen LogP contribution >= 0.6 is 11.6 Å². The van der Waals surface area contributed by atoms with E-state index in [1.165, 1.54) is 12.8 Å². The van der Waals surface area contributed by atoms with Gasteiger partial charge in [0.2, 0.25) is 11.8 Å². The third-order valence-corrected chi connectivity index (χ3v) is 5.78. The van der Waals surface area contributed by atoms with E-state index >= 15 is 0 Å². The molecule has 0 saturated heterocycles. The van der Waals surface area contributed by atoms with Gasteiger partial charge in [-0.15, -0.1) is 0 Å². The molecule has 2 N–H and O–H groups in total. The zero-order chi connectivity index (χ0) is 18.0. The highest BCUT2D eigenvalue weighted by atomic mass is 35.5. The number of hydrogen-bond acceptors (Lipinski definition) is 2. The molecule has 136 valence electrons. The lowest BCUT2D eigenvalue weighted by Crippen LogP contribution is -2.44. The van der Waals surface area contributed by atoms with Crippen molar-refractivity contribution in [3.8, 4) is 0 Å². The highest BCUT2D eigenvalue weighted by Crippen LogP contribution is 2.47. The van der Waals surface area contributed by atoms with E-state index in [-0.39, 0.29) is 17.9 Å². The van der Waals surface area contributed by atoms with Crippen LogP contribution in [-0.2, 0) is 9.59 Å². The summed E-state index contributed by atoms with van der Waals surface area (Å²) in [6.07, 6.45) is 8.05. The summed E-state index contributed by atoms with van der Waals surface area (Å²) in [4.78, 5) is 25.6. The fourth-order valence-electron chi connectivity index (χ4n) is 3.74. The van der Waals surface area contributed by atoms with Crippen LogP contribution in [0.15, 0.2) is 12.1 Å². The van der Waals surface area contributed by atoms with Crippen molar-refractivity contribution in [2.45, 2.75) is 71.3 Å². The number of halogens is 1. The summed E-state index contributed by atoms with van der Waals surface area (Å²) in [7, 11) is 0. The molecule has 2 amide bonds. The van der Waals surface area contributed by atoms with Gasteiger partial charge in [-0.05, 0) is 56.7 Å². The number of carbonyl (C=O) groups is 2. The third kappa shape index (κ3) is 4.00. The van der Waals surface area contributed by atoms with Crippen molar-refractivity contribution in [3.63, 3.8) is 0 Å². The first-order valence-corrected chi connectivity index (χ1v) is 9.69. The Hall–Kier alpha value is -1.55. The maximum atomic E-state index is 12.8. The van der Waals surface area contributed by atoms with Crippen LogP contribution in [0.25, 0.3) is 0 Å². The quantitative estimate of drug-likeness (QED) is 0.611. The summed E-state index contributed by atoms with van der Waals surface area (Å²) in [5, 5.41) is 6.56. The molecule has 1 aromatic rings. The topological polar surface area (TPSA) is 58.2 Å². The number of hydrogen-bond donors (Lipinski definition) is 2. The molecule has 2 aliphatic carbocycles. The molecule has 0 radical (unpaired) electrons. The smallest absolute Gasteiger partial charge is 0.240 e. The zero-order valence-electron chi connectivity index (χ0n) is 15.1. The van der Waals surface area contributed by atoms with Gasteiger partial charge in [0, 0.05) is 6.04 Å². The first-order chi connectivity index (χ1) is 11.9. The molecule has 2 fully saturated rings. The molecule has 25 heavy (non-hydrogen) atoms. The molecule has 5 heteroatoms. The number of anilines is 1. The van der Waals surface area contributed by atoms with E-state index in [2.05, 4.69) is 10.6 Å². The van der Waals surface area contributed by atoms with E-state index in [0.29, 0.717) is 23.6 Å². The van der Waals surface area contributed by atoms with Gasteiger partial charge in [-0.2, -0.15) is 0 Å². The van der Waals surface area contributed by atoms with E-state index in [1.807, 2.05) is 26.0 Å². The molecule has 1 aromatic carbocycles. The Kier molecular flexibility index (Phi) is 5.38. The van der Waals surface area contributed by atoms with Crippen LogP contribution in [0.4, 0.5) is 5.69 Å². The number of carbonyl (C=O) groups excluding carboxylic acids is 2. The lowest BCUT2D eigenvalue weighted by molar-refractivity contribution is -0.134. The maximum absolute atomic E-state index is 12.8. The van der Waals surface area contributed by atoms with Gasteiger partial charge in [0.1, 0.15) is 5.41 Å². The molecular weight excluding hydrogens is 336 g/mol. The summed E-state index contributed by atoms with van der Waals surface area (Å²) in [6, 6.07) is 4.02. The van der Waals surface area contributed by atoms with Crippen LogP contribution in [0.5, 0.6) is 0 Å².